The number of hydrogen-bond donors (Lipinski definition) is 4. The molecule has 0 aliphatic carbocycles. The third-order valence-electron chi connectivity index (χ3n) is 8.46. The largest absolute Gasteiger partial charge is 0.486 e. The fraction of sp³-hybridized carbons (Fsp3) is 0.471. The molecule has 0 radical (unpaired) electrons. The third-order valence-corrected chi connectivity index (χ3v) is 9.07. The number of ketones is 1. The number of nitrogens with zero attached hydrogens (tertiary/aromatic N) is 1. The summed E-state index contributed by atoms with van der Waals surface area (Å²) < 4.78 is 37.4. The summed E-state index contributed by atoms with van der Waals surface area (Å²) in [4.78, 5) is 58.4. The minimum absolute atomic E-state index is 0.0877. The van der Waals surface area contributed by atoms with Gasteiger partial charge in [-0.05, 0) is 64.4 Å². The predicted octanol–water partition coefficient (Wildman–Crippen LogP) is 3.90. The number of aromatic amines is 1. The van der Waals surface area contributed by atoms with Crippen molar-refractivity contribution in [1.29, 1.82) is 0 Å². The molecule has 3 aromatic rings. The average Bonchev–Trinajstić information content (AvgIpc) is 3.38. The van der Waals surface area contributed by atoms with E-state index in [1.54, 1.807) is 51.7 Å². The Hall–Kier alpha value is -4.59. The number of anilines is 1. The molecule has 3 amide bonds. The van der Waals surface area contributed by atoms with Crippen molar-refractivity contribution >= 4 is 50.3 Å². The second kappa shape index (κ2) is 12.8. The lowest BCUT2D eigenvalue weighted by atomic mass is 9.82. The van der Waals surface area contributed by atoms with Crippen molar-refractivity contribution in [3.63, 3.8) is 0 Å². The zero-order chi connectivity index (χ0) is 35.1. The lowest BCUT2D eigenvalue weighted by Crippen LogP contribution is -2.61. The first-order chi connectivity index (χ1) is 22.3. The summed E-state index contributed by atoms with van der Waals surface area (Å²) in [5.41, 5.74) is -0.652. The highest BCUT2D eigenvalue weighted by Crippen LogP contribution is 2.40. The number of Topliss-reactive ketones (excluding diaryl/α,β-unsaturated/α-hetero) is 1. The quantitative estimate of drug-likeness (QED) is 0.277. The van der Waals surface area contributed by atoms with Gasteiger partial charge >= 0.3 is 6.09 Å². The van der Waals surface area contributed by atoms with E-state index in [0.29, 0.717) is 24.2 Å². The Kier molecular flexibility index (Phi) is 9.25. The van der Waals surface area contributed by atoms with Gasteiger partial charge in [-0.25, -0.2) is 13.2 Å². The van der Waals surface area contributed by atoms with Crippen molar-refractivity contribution in [2.45, 2.75) is 83.1 Å². The molecule has 3 heterocycles. The molecule has 2 aliphatic heterocycles. The number of likely N-dealkylation sites (tertiary alicyclic amines) is 1. The van der Waals surface area contributed by atoms with Crippen LogP contribution in [0, 0.1) is 0 Å². The van der Waals surface area contributed by atoms with Crippen LogP contribution in [0.15, 0.2) is 48.7 Å². The summed E-state index contributed by atoms with van der Waals surface area (Å²) >= 11 is 0. The molecule has 0 unspecified atom stereocenters. The Morgan fingerprint density at radius 2 is 1.75 bits per heavy atom. The number of H-pyrrole nitrogens is 1. The van der Waals surface area contributed by atoms with Crippen molar-refractivity contribution in [3.8, 4) is 5.75 Å². The standard InChI is InChI=1S/C34H43N5O8S/c1-32(2,3)47-31(43)37-33(4,5)30(42)36-26(17-21-20-35-25-10-8-7-9-23(21)25)29(41)39-15-13-34(14-16-39)19-27(40)24-18-22(38-48(6,44)45)11-12-28(24)46-34/h7-12,18,20,26,35,38H,13-17,19H2,1-6H3,(H,36,42)(H,37,43)/t26-/m1/s1. The van der Waals surface area contributed by atoms with E-state index in [0.717, 1.165) is 22.7 Å². The zero-order valence-corrected chi connectivity index (χ0v) is 28.9. The van der Waals surface area contributed by atoms with E-state index in [-0.39, 0.29) is 43.3 Å². The summed E-state index contributed by atoms with van der Waals surface area (Å²) in [6.45, 7) is 8.82. The van der Waals surface area contributed by atoms with Crippen LogP contribution in [0.1, 0.15) is 69.8 Å². The molecular weight excluding hydrogens is 638 g/mol. The molecule has 2 aromatic carbocycles. The van der Waals surface area contributed by atoms with Crippen LogP contribution in [0.5, 0.6) is 5.75 Å². The highest BCUT2D eigenvalue weighted by molar-refractivity contribution is 7.92. The topological polar surface area (TPSA) is 176 Å². The summed E-state index contributed by atoms with van der Waals surface area (Å²) in [5, 5.41) is 6.42. The van der Waals surface area contributed by atoms with Gasteiger partial charge in [0.2, 0.25) is 21.8 Å². The number of rotatable bonds is 8. The van der Waals surface area contributed by atoms with Gasteiger partial charge < -0.3 is 30.0 Å². The molecule has 4 N–H and O–H groups in total. The number of carbonyl (C=O) groups is 4. The van der Waals surface area contributed by atoms with Gasteiger partial charge in [-0.2, -0.15) is 0 Å². The van der Waals surface area contributed by atoms with Gasteiger partial charge in [0.15, 0.2) is 5.78 Å². The molecule has 14 heteroatoms. The van der Waals surface area contributed by atoms with Gasteiger partial charge in [-0.1, -0.05) is 18.2 Å². The van der Waals surface area contributed by atoms with Gasteiger partial charge in [-0.15, -0.1) is 0 Å². The van der Waals surface area contributed by atoms with Crippen molar-refractivity contribution < 1.29 is 37.1 Å². The number of fused-ring (bicyclic) bond motifs is 2. The fourth-order valence-corrected chi connectivity index (χ4v) is 6.64. The summed E-state index contributed by atoms with van der Waals surface area (Å²) in [6.07, 6.45) is 3.15. The molecule has 1 aromatic heterocycles. The van der Waals surface area contributed by atoms with Gasteiger partial charge in [0.1, 0.15) is 28.5 Å². The van der Waals surface area contributed by atoms with Crippen LogP contribution < -0.4 is 20.1 Å². The number of alkyl carbamates (subject to hydrolysis) is 1. The molecule has 13 nitrogen and oxygen atoms in total. The second-order valence-corrected chi connectivity index (χ2v) is 15.9. The van der Waals surface area contributed by atoms with Crippen molar-refractivity contribution in [3.05, 3.63) is 59.8 Å². The molecule has 2 aliphatic rings. The van der Waals surface area contributed by atoms with Crippen LogP contribution in [0.4, 0.5) is 10.5 Å². The highest BCUT2D eigenvalue weighted by atomic mass is 32.2. The smallest absolute Gasteiger partial charge is 0.408 e. The number of piperidine rings is 1. The number of carbonyl (C=O) groups excluding carboxylic acids is 4. The Morgan fingerprint density at radius 1 is 1.06 bits per heavy atom. The molecule has 0 saturated carbocycles. The summed E-state index contributed by atoms with van der Waals surface area (Å²) in [6, 6.07) is 11.3. The maximum Gasteiger partial charge on any atom is 0.408 e. The van der Waals surface area contributed by atoms with Crippen LogP contribution in [0.2, 0.25) is 0 Å². The van der Waals surface area contributed by atoms with Crippen LogP contribution in [0.25, 0.3) is 10.9 Å². The first kappa shape index (κ1) is 34.7. The molecule has 1 spiro atoms. The number of amides is 3. The maximum atomic E-state index is 14.1. The van der Waals surface area contributed by atoms with Crippen LogP contribution in [-0.4, -0.2) is 84.1 Å². The van der Waals surface area contributed by atoms with Gasteiger partial charge in [0.05, 0.1) is 18.2 Å². The molecule has 48 heavy (non-hydrogen) atoms. The van der Waals surface area contributed by atoms with Crippen LogP contribution in [-0.2, 0) is 30.8 Å². The maximum absolute atomic E-state index is 14.1. The first-order valence-electron chi connectivity index (χ1n) is 15.8. The van der Waals surface area contributed by atoms with Gasteiger partial charge in [0.25, 0.3) is 0 Å². The third kappa shape index (κ3) is 8.09. The molecule has 1 saturated heterocycles. The van der Waals surface area contributed by atoms with E-state index < -0.39 is 44.8 Å². The Labute approximate surface area is 280 Å². The monoisotopic (exact) mass is 681 g/mol. The first-order valence-corrected chi connectivity index (χ1v) is 17.7. The molecule has 1 fully saturated rings. The van der Waals surface area contributed by atoms with E-state index in [9.17, 15) is 27.6 Å². The van der Waals surface area contributed by atoms with Crippen LogP contribution >= 0.6 is 0 Å². The lowest BCUT2D eigenvalue weighted by molar-refractivity contribution is -0.140. The molecule has 1 atom stereocenters. The molecule has 5 rings (SSSR count). The van der Waals surface area contributed by atoms with Crippen LogP contribution in [0.3, 0.4) is 0 Å². The number of benzene rings is 2. The Morgan fingerprint density at radius 3 is 2.42 bits per heavy atom. The SMILES string of the molecule is CC(C)(C)OC(=O)NC(C)(C)C(=O)N[C@H](Cc1c[nH]c2ccccc12)C(=O)N1CCC2(CC1)CC(=O)c1cc(NS(C)(=O)=O)ccc1O2. The van der Waals surface area contributed by atoms with E-state index >= 15 is 0 Å². The second-order valence-electron chi connectivity index (χ2n) is 14.1. The summed E-state index contributed by atoms with van der Waals surface area (Å²) in [7, 11) is -3.52. The van der Waals surface area contributed by atoms with Gasteiger partial charge in [-0.3, -0.25) is 19.1 Å². The molecule has 258 valence electrons. The average molecular weight is 682 g/mol. The minimum Gasteiger partial charge on any atom is -0.486 e. The van der Waals surface area contributed by atoms with Crippen molar-refractivity contribution in [2.24, 2.45) is 0 Å². The Bertz CT molecular complexity index is 1850. The number of sulfonamides is 1. The molecule has 0 bridgehead atoms. The predicted molar refractivity (Wildman–Crippen MR) is 180 cm³/mol. The lowest BCUT2D eigenvalue weighted by Gasteiger charge is -2.44. The van der Waals surface area contributed by atoms with Gasteiger partial charge in [0, 0.05) is 55.1 Å². The molecular formula is C34H43N5O8S. The van der Waals surface area contributed by atoms with E-state index in [1.807, 2.05) is 30.5 Å². The fourth-order valence-electron chi connectivity index (χ4n) is 6.08. The number of para-hydroxylation sites is 1. The zero-order valence-electron chi connectivity index (χ0n) is 28.1. The van der Waals surface area contributed by atoms with E-state index in [1.165, 1.54) is 6.07 Å². The summed E-state index contributed by atoms with van der Waals surface area (Å²) in [5.74, 6) is -0.648. The number of hydrogen-bond acceptors (Lipinski definition) is 8. The van der Waals surface area contributed by atoms with Crippen molar-refractivity contribution in [2.75, 3.05) is 24.1 Å². The van der Waals surface area contributed by atoms with Crippen molar-refractivity contribution in [1.82, 2.24) is 20.5 Å². The minimum atomic E-state index is -3.52. The van der Waals surface area contributed by atoms with E-state index in [4.69, 9.17) is 9.47 Å². The Balaban J connectivity index is 1.31. The number of nitrogens with one attached hydrogen (secondary N) is 4. The number of ether oxygens (including phenoxy) is 2. The highest BCUT2D eigenvalue weighted by Gasteiger charge is 2.45. The van der Waals surface area contributed by atoms with E-state index in [2.05, 4.69) is 20.3 Å². The normalized spacial score (nSPS) is 16.9. The number of aromatic nitrogens is 1.